The van der Waals surface area contributed by atoms with Crippen LogP contribution in [0.1, 0.15) is 388 Å². The Balaban J connectivity index is 0.757. The average molecular weight is 1970 g/mol. The minimum absolute atomic E-state index is 0.00139. The minimum atomic E-state index is -0.360. The number of hydrogen-bond donors (Lipinski definition) is 0. The highest BCUT2D eigenvalue weighted by Gasteiger charge is 2.59. The van der Waals surface area contributed by atoms with Crippen LogP contribution in [0.4, 0.5) is 85.3 Å². The molecule has 149 heavy (non-hydrogen) atoms. The number of para-hydroxylation sites is 1. The van der Waals surface area contributed by atoms with Crippen molar-refractivity contribution < 1.29 is 8.83 Å². The maximum Gasteiger partial charge on any atom is 0.297 e. The van der Waals surface area contributed by atoms with Crippen molar-refractivity contribution in [3.8, 4) is 22.3 Å². The van der Waals surface area contributed by atoms with Crippen LogP contribution in [0.3, 0.4) is 0 Å². The van der Waals surface area contributed by atoms with Gasteiger partial charge in [0.05, 0.1) is 39.8 Å². The predicted molar refractivity (Wildman–Crippen MR) is 637 cm³/mol. The number of furan rings is 2. The first-order valence-corrected chi connectivity index (χ1v) is 56.7. The third-order valence-corrected chi connectivity index (χ3v) is 39.3. The fraction of sp³-hybridized carbons (Fsp3) is 0.429. The van der Waals surface area contributed by atoms with Crippen molar-refractivity contribution in [2.45, 2.75) is 386 Å². The van der Waals surface area contributed by atoms with Crippen molar-refractivity contribution in [2.75, 3.05) is 24.5 Å². The van der Waals surface area contributed by atoms with Crippen molar-refractivity contribution in [1.82, 2.24) is 0 Å². The van der Waals surface area contributed by atoms with Gasteiger partial charge in [0, 0.05) is 90.0 Å². The van der Waals surface area contributed by atoms with Gasteiger partial charge >= 0.3 is 0 Å². The molecule has 0 amide bonds. The van der Waals surface area contributed by atoms with Crippen LogP contribution >= 0.6 is 0 Å². The number of rotatable bonds is 11. The lowest BCUT2D eigenvalue weighted by Crippen LogP contribution is -2.61. The molecule has 9 heteroatoms. The van der Waals surface area contributed by atoms with Crippen molar-refractivity contribution in [3.63, 3.8) is 0 Å². The molecule has 1 unspecified atom stereocenters. The lowest BCUT2D eigenvalue weighted by atomic mass is 9.34. The highest BCUT2D eigenvalue weighted by Crippen LogP contribution is 2.64. The molecule has 0 radical (unpaired) electrons. The number of fused-ring (bicyclic) bond motifs is 16. The second kappa shape index (κ2) is 32.7. The highest BCUT2D eigenvalue weighted by atomic mass is 16.3. The summed E-state index contributed by atoms with van der Waals surface area (Å²) >= 11 is 0. The first kappa shape index (κ1) is 99.3. The average Bonchev–Trinajstić information content (AvgIpc) is 1.61. The van der Waals surface area contributed by atoms with Crippen molar-refractivity contribution >= 4 is 132 Å². The monoisotopic (exact) mass is 1970 g/mol. The van der Waals surface area contributed by atoms with Crippen LogP contribution in [0.2, 0.25) is 0 Å². The summed E-state index contributed by atoms with van der Waals surface area (Å²) in [7, 11) is 0. The topological polar surface area (TPSA) is 42.5 Å². The quantitative estimate of drug-likeness (QED) is 0.120. The molecule has 0 N–H and O–H groups in total. The molecule has 12 aromatic carbocycles. The van der Waals surface area contributed by atoms with Gasteiger partial charge in [-0.1, -0.05) is 349 Å². The Labute approximate surface area is 893 Å². The molecule has 0 bridgehead atoms. The summed E-state index contributed by atoms with van der Waals surface area (Å²) in [5, 5.41) is 0. The van der Waals surface area contributed by atoms with E-state index < -0.39 is 0 Å². The standard InChI is InChI=1S/C140H161B2N5O2/c1-126(2,3)88-51-57-108(96(72-88)86-44-36-33-37-45-86)146-113-75-90(128(7,8)9)74-112-118(113)142(124-120(146)116-122(148-124)138(28,29)67-65-136(116,24)25)107-81-105-104(83-111(107)144(112)93-53-55-98-100(76-93)131(14,15)61-59-129(98,10)11)135(22,23)69-70-140(105,32)84-85-43-42-50-92(71-85)143(91-48-40-35-41-49-91)95-78-114-119-115(79-95)147(109-58-52-89(127(4,5)6)73-97(109)87-46-38-34-39-47-87)121-117-123(139(30,31)68-66-137(117,26)27)149-125(121)141(119)106-80-102-103(134(20,21)64-63-133(102,18)19)82-110(106)145(114)94-54-56-99-101(77-94)132(16,17)62-60-130(99,12)13/h33-58,71-83H,59-70,84H2,1-32H3. The van der Waals surface area contributed by atoms with Gasteiger partial charge in [0.15, 0.2) is 0 Å². The van der Waals surface area contributed by atoms with Crippen LogP contribution in [0.25, 0.3) is 22.3 Å². The van der Waals surface area contributed by atoms with E-state index in [0.717, 1.165) is 129 Å². The summed E-state index contributed by atoms with van der Waals surface area (Å²) in [6.45, 7) is 78.8. The zero-order chi connectivity index (χ0) is 105. The molecule has 24 rings (SSSR count). The maximum absolute atomic E-state index is 8.37. The van der Waals surface area contributed by atoms with Gasteiger partial charge in [-0.25, -0.2) is 0 Å². The van der Waals surface area contributed by atoms with Crippen LogP contribution in [0.15, 0.2) is 245 Å². The van der Waals surface area contributed by atoms with E-state index in [1.54, 1.807) is 0 Å². The molecular weight excluding hydrogens is 1810 g/mol. The molecule has 4 aliphatic heterocycles. The molecule has 7 nitrogen and oxygen atoms in total. The van der Waals surface area contributed by atoms with Crippen LogP contribution in [0.5, 0.6) is 0 Å². The summed E-state index contributed by atoms with van der Waals surface area (Å²) in [5.41, 5.74) is 47.1. The Hall–Kier alpha value is -11.7. The number of nitrogens with zero attached hydrogens (tertiary/aromatic N) is 5. The third-order valence-electron chi connectivity index (χ3n) is 39.3. The zero-order valence-electron chi connectivity index (χ0n) is 95.9. The molecule has 0 saturated carbocycles. The molecule has 1 atom stereocenters. The maximum atomic E-state index is 8.37. The number of hydrogen-bond acceptors (Lipinski definition) is 7. The van der Waals surface area contributed by atoms with Crippen molar-refractivity contribution in [3.05, 3.63) is 326 Å². The first-order chi connectivity index (χ1) is 69.8. The molecule has 10 aliphatic rings. The Morgan fingerprint density at radius 3 is 1.03 bits per heavy atom. The van der Waals surface area contributed by atoms with E-state index in [-0.39, 0.29) is 94.7 Å². The second-order valence-corrected chi connectivity index (χ2v) is 58.2. The van der Waals surface area contributed by atoms with E-state index in [1.165, 1.54) is 185 Å². The van der Waals surface area contributed by atoms with Gasteiger partial charge in [-0.3, -0.25) is 0 Å². The Morgan fingerprint density at radius 1 is 0.262 bits per heavy atom. The Kier molecular flexibility index (Phi) is 21.8. The second-order valence-electron chi connectivity index (χ2n) is 58.2. The van der Waals surface area contributed by atoms with Gasteiger partial charge in [0.2, 0.25) is 0 Å². The lowest BCUT2D eigenvalue weighted by molar-refractivity contribution is 0.282. The van der Waals surface area contributed by atoms with E-state index in [0.29, 0.717) is 0 Å². The molecule has 764 valence electrons. The van der Waals surface area contributed by atoms with Crippen LogP contribution in [-0.4, -0.2) is 13.4 Å². The van der Waals surface area contributed by atoms with Crippen LogP contribution in [-0.2, 0) is 87.6 Å². The smallest absolute Gasteiger partial charge is 0.297 e. The van der Waals surface area contributed by atoms with E-state index in [9.17, 15) is 0 Å². The van der Waals surface area contributed by atoms with E-state index >= 15 is 0 Å². The van der Waals surface area contributed by atoms with Gasteiger partial charge in [-0.15, -0.1) is 0 Å². The summed E-state index contributed by atoms with van der Waals surface area (Å²) in [6, 6.07) is 96.0. The third kappa shape index (κ3) is 15.4. The van der Waals surface area contributed by atoms with Crippen LogP contribution in [0, 0.1) is 0 Å². The van der Waals surface area contributed by atoms with Gasteiger partial charge in [-0.05, 0) is 363 Å². The fourth-order valence-electron chi connectivity index (χ4n) is 29.2. The molecule has 0 saturated heterocycles. The Morgan fingerprint density at radius 2 is 0.604 bits per heavy atom. The fourth-order valence-corrected chi connectivity index (χ4v) is 29.2. The number of anilines is 15. The van der Waals surface area contributed by atoms with E-state index in [4.69, 9.17) is 8.83 Å². The van der Waals surface area contributed by atoms with Crippen molar-refractivity contribution in [1.29, 1.82) is 0 Å². The minimum Gasteiger partial charge on any atom is -0.472 e. The van der Waals surface area contributed by atoms with E-state index in [2.05, 4.69) is 483 Å². The molecule has 0 spiro atoms. The van der Waals surface area contributed by atoms with Crippen molar-refractivity contribution in [2.24, 2.45) is 0 Å². The summed E-state index contributed by atoms with van der Waals surface area (Å²) in [5.74, 6) is 2.26. The zero-order valence-corrected chi connectivity index (χ0v) is 95.9. The van der Waals surface area contributed by atoms with Gasteiger partial charge in [0.1, 0.15) is 11.5 Å². The predicted octanol–water partition coefficient (Wildman–Crippen LogP) is 35.1. The summed E-state index contributed by atoms with van der Waals surface area (Å²) in [6.07, 6.45) is 13.6. The SMILES string of the molecule is CC(C)(C)c1ccc(N2c3cc(N(c4ccccc4)c4cccc(CC5(C)CCC(C)(C)c6cc7c(cc65)B5c6oc8c(c6N(c6ccc(C(C)(C)C)cc6-c6ccccc6)c6cc(C(C)(C)C)cc(c65)N7c5ccc6c(c5)C(C)(C)CCC6(C)C)C(C)(C)CCC8(C)C)c4)cc4c3B(c3cc5c(cc3N4c3ccc4c(c3)C(C)(C)CCC4(C)C)C(C)(C)CCC5(C)C)c3oc4c(c32)C(C)(C)CCC4(C)C)c(-c2ccccc2)c1. The van der Waals surface area contributed by atoms with Gasteiger partial charge < -0.3 is 33.3 Å². The molecule has 0 fully saturated rings. The largest absolute Gasteiger partial charge is 0.472 e. The Bertz CT molecular complexity index is 7890. The van der Waals surface area contributed by atoms with Gasteiger partial charge in [0.25, 0.3) is 13.4 Å². The molecule has 2 aromatic heterocycles. The molecular formula is C140H161B2N5O2. The summed E-state index contributed by atoms with van der Waals surface area (Å²) < 4.78 is 16.7. The highest BCUT2D eigenvalue weighted by molar-refractivity contribution is 7.00. The van der Waals surface area contributed by atoms with Gasteiger partial charge in [-0.2, -0.15) is 0 Å². The first-order valence-electron chi connectivity index (χ1n) is 56.7. The number of benzene rings is 12. The van der Waals surface area contributed by atoms with E-state index in [1.807, 2.05) is 0 Å². The lowest BCUT2D eigenvalue weighted by Gasteiger charge is -2.48. The normalized spacial score (nSPS) is 20.7. The molecule has 6 heterocycles. The molecule has 14 aromatic rings. The molecule has 6 aliphatic carbocycles. The van der Waals surface area contributed by atoms with Crippen LogP contribution < -0.4 is 57.7 Å². The summed E-state index contributed by atoms with van der Waals surface area (Å²) in [4.78, 5) is 13.8.